The Hall–Kier alpha value is -3.19. The Morgan fingerprint density at radius 3 is 2.18 bits per heavy atom. The molecule has 0 aliphatic heterocycles. The summed E-state index contributed by atoms with van der Waals surface area (Å²) in [6.45, 7) is 0. The Kier molecular flexibility index (Phi) is 4.39. The second-order valence-corrected chi connectivity index (χ2v) is 7.98. The summed E-state index contributed by atoms with van der Waals surface area (Å²) in [4.78, 5) is 2.71. The molecule has 0 saturated heterocycles. The van der Waals surface area contributed by atoms with Crippen LogP contribution in [-0.4, -0.2) is 13.4 Å². The van der Waals surface area contributed by atoms with E-state index in [0.717, 1.165) is 24.3 Å². The van der Waals surface area contributed by atoms with Gasteiger partial charge in [0, 0.05) is 10.9 Å². The zero-order chi connectivity index (χ0) is 19.9. The Bertz CT molecular complexity index is 1300. The van der Waals surface area contributed by atoms with Crippen LogP contribution in [0.1, 0.15) is 0 Å². The van der Waals surface area contributed by atoms with E-state index in [1.807, 2.05) is 0 Å². The first-order chi connectivity index (χ1) is 13.4. The van der Waals surface area contributed by atoms with Crippen molar-refractivity contribution in [1.82, 2.24) is 4.98 Å². The molecule has 4 rings (SSSR count). The van der Waals surface area contributed by atoms with Crippen LogP contribution in [0.5, 0.6) is 0 Å². The van der Waals surface area contributed by atoms with Crippen molar-refractivity contribution in [3.8, 4) is 11.1 Å². The van der Waals surface area contributed by atoms with Gasteiger partial charge in [0.1, 0.15) is 16.5 Å². The van der Waals surface area contributed by atoms with Crippen molar-refractivity contribution in [2.75, 3.05) is 0 Å². The third kappa shape index (κ3) is 3.03. The van der Waals surface area contributed by atoms with E-state index < -0.39 is 37.2 Å². The normalized spacial score (nSPS) is 11.7. The summed E-state index contributed by atoms with van der Waals surface area (Å²) >= 11 is 0. The van der Waals surface area contributed by atoms with E-state index >= 15 is 0 Å². The highest BCUT2D eigenvalue weighted by Crippen LogP contribution is 2.38. The molecule has 0 saturated carbocycles. The van der Waals surface area contributed by atoms with Gasteiger partial charge in [-0.3, -0.25) is 0 Å². The first-order valence-electron chi connectivity index (χ1n) is 8.23. The number of hydrogen-bond acceptors (Lipinski definition) is 3. The molecule has 7 heteroatoms. The zero-order valence-electron chi connectivity index (χ0n) is 14.2. The molecule has 4 aromatic rings. The maximum atomic E-state index is 15.0. The Balaban J connectivity index is 2.13. The fraction of sp³-hybridized carbons (Fsp3) is 0. The van der Waals surface area contributed by atoms with Crippen molar-refractivity contribution >= 4 is 20.7 Å². The highest BCUT2D eigenvalue weighted by molar-refractivity contribution is 7.91. The minimum absolute atomic E-state index is 0.0485. The first kappa shape index (κ1) is 18.2. The molecule has 0 N–H and O–H groups in total. The summed E-state index contributed by atoms with van der Waals surface area (Å²) in [6, 6.07) is 15.8. The molecule has 0 spiro atoms. The van der Waals surface area contributed by atoms with Crippen LogP contribution in [0.3, 0.4) is 0 Å². The van der Waals surface area contributed by atoms with Crippen molar-refractivity contribution in [2.24, 2.45) is 0 Å². The van der Waals surface area contributed by atoms with Gasteiger partial charge in [0.2, 0.25) is 15.8 Å². The second-order valence-electron chi connectivity index (χ2n) is 6.09. The SMILES string of the molecule is O=S(=O)(c1cccc(F)c1)c1c(F)nc2ccccc2c1-c1ccc(F)cc1. The van der Waals surface area contributed by atoms with Crippen LogP contribution in [-0.2, 0) is 9.84 Å². The molecule has 28 heavy (non-hydrogen) atoms. The van der Waals surface area contributed by atoms with Crippen LogP contribution in [0, 0.1) is 17.6 Å². The van der Waals surface area contributed by atoms with E-state index in [-0.39, 0.29) is 11.1 Å². The number of para-hydroxylation sites is 1. The molecule has 1 heterocycles. The summed E-state index contributed by atoms with van der Waals surface area (Å²) in [6.07, 6.45) is 0. The summed E-state index contributed by atoms with van der Waals surface area (Å²) in [7, 11) is -4.44. The lowest BCUT2D eigenvalue weighted by atomic mass is 10.0. The lowest BCUT2D eigenvalue weighted by molar-refractivity contribution is 0.543. The van der Waals surface area contributed by atoms with Gasteiger partial charge in [0.25, 0.3) is 0 Å². The second kappa shape index (κ2) is 6.76. The van der Waals surface area contributed by atoms with Crippen molar-refractivity contribution in [3.05, 3.63) is 90.4 Å². The Morgan fingerprint density at radius 1 is 0.750 bits per heavy atom. The number of pyridine rings is 1. The minimum atomic E-state index is -4.44. The molecule has 3 nitrogen and oxygen atoms in total. The van der Waals surface area contributed by atoms with Gasteiger partial charge in [0.05, 0.1) is 10.4 Å². The van der Waals surface area contributed by atoms with E-state index in [1.54, 1.807) is 24.3 Å². The largest absolute Gasteiger partial charge is 0.233 e. The van der Waals surface area contributed by atoms with Crippen molar-refractivity contribution in [2.45, 2.75) is 9.79 Å². The third-order valence-corrected chi connectivity index (χ3v) is 6.10. The fourth-order valence-corrected chi connectivity index (χ4v) is 4.59. The van der Waals surface area contributed by atoms with Gasteiger partial charge in [-0.1, -0.05) is 36.4 Å². The molecule has 140 valence electrons. The van der Waals surface area contributed by atoms with Gasteiger partial charge in [-0.15, -0.1) is 0 Å². The number of hydrogen-bond donors (Lipinski definition) is 0. The third-order valence-electron chi connectivity index (χ3n) is 4.31. The molecule has 0 unspecified atom stereocenters. The van der Waals surface area contributed by atoms with Crippen molar-refractivity contribution in [1.29, 1.82) is 0 Å². The molecule has 0 aliphatic carbocycles. The number of nitrogens with zero attached hydrogens (tertiary/aromatic N) is 1. The number of fused-ring (bicyclic) bond motifs is 1. The number of benzene rings is 3. The number of sulfone groups is 1. The average Bonchev–Trinajstić information content (AvgIpc) is 2.67. The summed E-state index contributed by atoms with van der Waals surface area (Å²) in [5.41, 5.74) is 0.596. The van der Waals surface area contributed by atoms with E-state index in [9.17, 15) is 21.6 Å². The molecule has 0 amide bonds. The molecule has 0 fully saturated rings. The molecular formula is C21H12F3NO2S. The number of halogens is 3. The summed E-state index contributed by atoms with van der Waals surface area (Å²) in [5, 5.41) is 0.380. The van der Waals surface area contributed by atoms with Gasteiger partial charge in [-0.05, 0) is 42.0 Å². The molecule has 1 aromatic heterocycles. The zero-order valence-corrected chi connectivity index (χ0v) is 15.1. The Morgan fingerprint density at radius 2 is 1.46 bits per heavy atom. The predicted molar refractivity (Wildman–Crippen MR) is 98.9 cm³/mol. The van der Waals surface area contributed by atoms with E-state index in [2.05, 4.69) is 4.98 Å². The molecule has 0 radical (unpaired) electrons. The predicted octanol–water partition coefficient (Wildman–Crippen LogP) is 5.15. The van der Waals surface area contributed by atoms with Crippen LogP contribution < -0.4 is 0 Å². The maximum absolute atomic E-state index is 15.0. The maximum Gasteiger partial charge on any atom is 0.233 e. The monoisotopic (exact) mass is 399 g/mol. The van der Waals surface area contributed by atoms with E-state index in [0.29, 0.717) is 10.9 Å². The lowest BCUT2D eigenvalue weighted by Gasteiger charge is -2.15. The van der Waals surface area contributed by atoms with Gasteiger partial charge in [-0.2, -0.15) is 4.39 Å². The van der Waals surface area contributed by atoms with Crippen LogP contribution >= 0.6 is 0 Å². The minimum Gasteiger partial charge on any atom is -0.219 e. The lowest BCUT2D eigenvalue weighted by Crippen LogP contribution is -2.09. The number of rotatable bonds is 3. The molecular weight excluding hydrogens is 387 g/mol. The smallest absolute Gasteiger partial charge is 0.219 e. The summed E-state index contributed by atoms with van der Waals surface area (Å²) in [5.74, 6) is -2.49. The quantitative estimate of drug-likeness (QED) is 0.448. The van der Waals surface area contributed by atoms with E-state index in [4.69, 9.17) is 0 Å². The molecule has 3 aromatic carbocycles. The first-order valence-corrected chi connectivity index (χ1v) is 9.71. The standard InChI is InChI=1S/C21H12F3NO2S/c22-14-10-8-13(9-11-14)19-17-6-1-2-7-18(17)25-21(24)20(19)28(26,27)16-5-3-4-15(23)12-16/h1-12H. The Labute approximate surface area is 159 Å². The average molecular weight is 399 g/mol. The highest BCUT2D eigenvalue weighted by Gasteiger charge is 2.29. The van der Waals surface area contributed by atoms with Crippen LogP contribution in [0.15, 0.2) is 82.6 Å². The number of aromatic nitrogens is 1. The van der Waals surface area contributed by atoms with Crippen LogP contribution in [0.4, 0.5) is 13.2 Å². The fourth-order valence-electron chi connectivity index (χ4n) is 3.06. The van der Waals surface area contributed by atoms with Crippen LogP contribution in [0.2, 0.25) is 0 Å². The molecule has 0 bridgehead atoms. The van der Waals surface area contributed by atoms with Crippen molar-refractivity contribution in [3.63, 3.8) is 0 Å². The summed E-state index contributed by atoms with van der Waals surface area (Å²) < 4.78 is 68.4. The van der Waals surface area contributed by atoms with Gasteiger partial charge in [0.15, 0.2) is 0 Å². The van der Waals surface area contributed by atoms with Crippen LogP contribution in [0.25, 0.3) is 22.0 Å². The van der Waals surface area contributed by atoms with Gasteiger partial charge >= 0.3 is 0 Å². The van der Waals surface area contributed by atoms with Gasteiger partial charge < -0.3 is 0 Å². The van der Waals surface area contributed by atoms with Crippen molar-refractivity contribution < 1.29 is 21.6 Å². The molecule has 0 atom stereocenters. The topological polar surface area (TPSA) is 47.0 Å². The molecule has 0 aliphatic rings. The highest BCUT2D eigenvalue weighted by atomic mass is 32.2. The van der Waals surface area contributed by atoms with E-state index in [1.165, 1.54) is 24.3 Å². The van der Waals surface area contributed by atoms with Gasteiger partial charge in [-0.25, -0.2) is 22.2 Å².